The van der Waals surface area contributed by atoms with Crippen LogP contribution in [0.15, 0.2) is 36.7 Å². The van der Waals surface area contributed by atoms with Gasteiger partial charge in [-0.3, -0.25) is 0 Å². The van der Waals surface area contributed by atoms with E-state index in [9.17, 15) is 0 Å². The van der Waals surface area contributed by atoms with Crippen molar-refractivity contribution in [2.45, 2.75) is 26.2 Å². The standard InChI is InChI=1S/C11H16N2/c1-11(2,3)10-12-8-6-4-5-7-9-13-10/h4-9H,1-3H3,(H,12,13). The summed E-state index contributed by atoms with van der Waals surface area (Å²) in [7, 11) is 0. The molecule has 2 heteroatoms. The number of nitrogens with one attached hydrogen (secondary N) is 1. The molecule has 0 bridgehead atoms. The maximum Gasteiger partial charge on any atom is 0.111 e. The van der Waals surface area contributed by atoms with Gasteiger partial charge in [-0.25, -0.2) is 4.98 Å². The lowest BCUT2D eigenvalue weighted by atomic mass is 9.96. The molecule has 0 aliphatic heterocycles. The quantitative estimate of drug-likeness (QED) is 0.647. The molecule has 0 atom stereocenters. The summed E-state index contributed by atoms with van der Waals surface area (Å²) >= 11 is 0. The third-order valence-corrected chi connectivity index (χ3v) is 1.65. The molecule has 13 heavy (non-hydrogen) atoms. The first-order valence-corrected chi connectivity index (χ1v) is 4.44. The molecule has 0 saturated carbocycles. The second-order valence-corrected chi connectivity index (χ2v) is 3.96. The molecule has 1 rings (SSSR count). The minimum atomic E-state index is 0.0546. The van der Waals surface area contributed by atoms with Crippen LogP contribution in [-0.2, 0) is 5.41 Å². The molecular weight excluding hydrogens is 160 g/mol. The molecule has 0 aliphatic carbocycles. The molecule has 1 aromatic rings. The Morgan fingerprint density at radius 1 is 1.08 bits per heavy atom. The predicted molar refractivity (Wildman–Crippen MR) is 54.9 cm³/mol. The molecule has 0 amide bonds. The van der Waals surface area contributed by atoms with Gasteiger partial charge in [-0.05, 0) is 12.1 Å². The average molecular weight is 176 g/mol. The molecule has 0 aromatic carbocycles. The number of nitrogens with zero attached hydrogens (tertiary/aromatic N) is 1. The van der Waals surface area contributed by atoms with Crippen molar-refractivity contribution in [3.63, 3.8) is 0 Å². The molecule has 0 unspecified atom stereocenters. The number of rotatable bonds is 0. The lowest BCUT2D eigenvalue weighted by Crippen LogP contribution is -2.14. The van der Waals surface area contributed by atoms with E-state index in [2.05, 4.69) is 30.7 Å². The Bertz CT molecular complexity index is 282. The summed E-state index contributed by atoms with van der Waals surface area (Å²) in [4.78, 5) is 7.51. The molecule has 1 heterocycles. The van der Waals surface area contributed by atoms with E-state index in [1.165, 1.54) is 0 Å². The highest BCUT2D eigenvalue weighted by Gasteiger charge is 2.13. The fourth-order valence-corrected chi connectivity index (χ4v) is 0.926. The SMILES string of the molecule is CC(C)(C)c1ncccccc[nH]1. The van der Waals surface area contributed by atoms with Crippen molar-refractivity contribution < 1.29 is 0 Å². The number of aromatic nitrogens is 2. The molecule has 0 spiro atoms. The summed E-state index contributed by atoms with van der Waals surface area (Å²) in [5, 5.41) is 0. The van der Waals surface area contributed by atoms with Crippen LogP contribution in [-0.4, -0.2) is 9.97 Å². The van der Waals surface area contributed by atoms with Gasteiger partial charge < -0.3 is 4.98 Å². The Morgan fingerprint density at radius 2 is 1.77 bits per heavy atom. The van der Waals surface area contributed by atoms with Crippen molar-refractivity contribution >= 4 is 0 Å². The summed E-state index contributed by atoms with van der Waals surface area (Å²) in [6.45, 7) is 6.39. The largest absolute Gasteiger partial charge is 0.350 e. The van der Waals surface area contributed by atoms with Gasteiger partial charge >= 0.3 is 0 Å². The number of hydrogen-bond acceptors (Lipinski definition) is 1. The zero-order valence-electron chi connectivity index (χ0n) is 8.41. The van der Waals surface area contributed by atoms with Crippen LogP contribution in [0.5, 0.6) is 0 Å². The Kier molecular flexibility index (Phi) is 3.07. The van der Waals surface area contributed by atoms with E-state index in [4.69, 9.17) is 0 Å². The minimum absolute atomic E-state index is 0.0546. The first-order valence-electron chi connectivity index (χ1n) is 4.44. The summed E-state index contributed by atoms with van der Waals surface area (Å²) < 4.78 is 0. The maximum atomic E-state index is 4.34. The van der Waals surface area contributed by atoms with Crippen LogP contribution in [0.3, 0.4) is 0 Å². The highest BCUT2D eigenvalue weighted by Crippen LogP contribution is 2.15. The number of aromatic amines is 1. The molecule has 1 N–H and O–H groups in total. The Labute approximate surface area is 79.4 Å². The second-order valence-electron chi connectivity index (χ2n) is 3.96. The summed E-state index contributed by atoms with van der Waals surface area (Å²) in [6.07, 6.45) is 3.70. The van der Waals surface area contributed by atoms with Gasteiger partial charge in [0.2, 0.25) is 0 Å². The average Bonchev–Trinajstić information content (AvgIpc) is 2.14. The van der Waals surface area contributed by atoms with Crippen molar-refractivity contribution in [3.8, 4) is 0 Å². The van der Waals surface area contributed by atoms with Crippen molar-refractivity contribution in [2.24, 2.45) is 0 Å². The van der Waals surface area contributed by atoms with Crippen LogP contribution in [0, 0.1) is 0 Å². The summed E-state index contributed by atoms with van der Waals surface area (Å²) in [5.41, 5.74) is 0.0546. The summed E-state index contributed by atoms with van der Waals surface area (Å²) in [6, 6.07) is 7.79. The van der Waals surface area contributed by atoms with Crippen molar-refractivity contribution in [1.29, 1.82) is 0 Å². The fraction of sp³-hybridized carbons (Fsp3) is 0.364. The van der Waals surface area contributed by atoms with E-state index < -0.39 is 0 Å². The maximum absolute atomic E-state index is 4.34. The highest BCUT2D eigenvalue weighted by molar-refractivity contribution is 5.00. The van der Waals surface area contributed by atoms with E-state index >= 15 is 0 Å². The van der Waals surface area contributed by atoms with E-state index in [1.807, 2.05) is 30.5 Å². The van der Waals surface area contributed by atoms with Gasteiger partial charge in [-0.15, -0.1) is 0 Å². The van der Waals surface area contributed by atoms with Gasteiger partial charge in [-0.1, -0.05) is 32.9 Å². The first kappa shape index (κ1) is 9.78. The molecule has 0 fully saturated rings. The summed E-state index contributed by atoms with van der Waals surface area (Å²) in [5.74, 6) is 0.976. The topological polar surface area (TPSA) is 28.7 Å². The van der Waals surface area contributed by atoms with Gasteiger partial charge in [0.1, 0.15) is 5.82 Å². The normalized spacial score (nSPS) is 10.7. The molecule has 70 valence electrons. The number of hydrogen-bond donors (Lipinski definition) is 1. The predicted octanol–water partition coefficient (Wildman–Crippen LogP) is 2.83. The highest BCUT2D eigenvalue weighted by atomic mass is 14.9. The van der Waals surface area contributed by atoms with Crippen molar-refractivity contribution in [2.75, 3.05) is 0 Å². The number of H-pyrrole nitrogens is 1. The van der Waals surface area contributed by atoms with Crippen LogP contribution in [0.2, 0.25) is 0 Å². The molecule has 1 aromatic heterocycles. The molecule has 0 aliphatic rings. The van der Waals surface area contributed by atoms with Gasteiger partial charge in [-0.2, -0.15) is 0 Å². The Morgan fingerprint density at radius 3 is 2.46 bits per heavy atom. The molecule has 2 nitrogen and oxygen atoms in total. The monoisotopic (exact) mass is 176 g/mol. The zero-order valence-corrected chi connectivity index (χ0v) is 8.41. The fourth-order valence-electron chi connectivity index (χ4n) is 0.926. The lowest BCUT2D eigenvalue weighted by molar-refractivity contribution is 0.547. The molecule has 0 radical (unpaired) electrons. The van der Waals surface area contributed by atoms with E-state index in [1.54, 1.807) is 6.20 Å². The van der Waals surface area contributed by atoms with E-state index in [0.29, 0.717) is 0 Å². The van der Waals surface area contributed by atoms with Crippen molar-refractivity contribution in [3.05, 3.63) is 42.5 Å². The first-order chi connectivity index (χ1) is 6.11. The van der Waals surface area contributed by atoms with Crippen LogP contribution in [0.25, 0.3) is 0 Å². The van der Waals surface area contributed by atoms with Crippen LogP contribution in [0.4, 0.5) is 0 Å². The Balaban J connectivity index is 3.20. The van der Waals surface area contributed by atoms with Crippen LogP contribution in [0.1, 0.15) is 26.6 Å². The smallest absolute Gasteiger partial charge is 0.111 e. The molecule has 0 saturated heterocycles. The van der Waals surface area contributed by atoms with Gasteiger partial charge in [0.25, 0.3) is 0 Å². The van der Waals surface area contributed by atoms with E-state index in [-0.39, 0.29) is 5.41 Å². The van der Waals surface area contributed by atoms with Gasteiger partial charge in [0.05, 0.1) is 0 Å². The lowest BCUT2D eigenvalue weighted by Gasteiger charge is -2.15. The van der Waals surface area contributed by atoms with Crippen LogP contribution < -0.4 is 0 Å². The molecular formula is C11H16N2. The third kappa shape index (κ3) is 3.28. The van der Waals surface area contributed by atoms with Crippen molar-refractivity contribution in [1.82, 2.24) is 9.97 Å². The van der Waals surface area contributed by atoms with Gasteiger partial charge in [0, 0.05) is 17.8 Å². The third-order valence-electron chi connectivity index (χ3n) is 1.65. The minimum Gasteiger partial charge on any atom is -0.350 e. The zero-order chi connectivity index (χ0) is 9.73. The van der Waals surface area contributed by atoms with E-state index in [0.717, 1.165) is 5.82 Å². The van der Waals surface area contributed by atoms with Crippen LogP contribution >= 0.6 is 0 Å². The Hall–Kier alpha value is -1.31. The second kappa shape index (κ2) is 4.08. The van der Waals surface area contributed by atoms with Gasteiger partial charge in [0.15, 0.2) is 0 Å².